The Balaban J connectivity index is 1.78. The summed E-state index contributed by atoms with van der Waals surface area (Å²) in [4.78, 5) is 34.9. The van der Waals surface area contributed by atoms with E-state index in [-0.39, 0.29) is 18.9 Å². The monoisotopic (exact) mass is 521 g/mol. The summed E-state index contributed by atoms with van der Waals surface area (Å²) in [6.07, 6.45) is 0.171. The lowest BCUT2D eigenvalue weighted by molar-refractivity contribution is -0.141. The van der Waals surface area contributed by atoms with Crippen molar-refractivity contribution in [2.75, 3.05) is 27.8 Å². The van der Waals surface area contributed by atoms with E-state index in [4.69, 9.17) is 19.2 Å². The van der Waals surface area contributed by atoms with E-state index in [1.54, 1.807) is 39.2 Å². The first kappa shape index (κ1) is 26.3. The van der Waals surface area contributed by atoms with Crippen molar-refractivity contribution in [1.82, 2.24) is 9.80 Å². The zero-order valence-corrected chi connectivity index (χ0v) is 22.5. The van der Waals surface area contributed by atoms with Crippen molar-refractivity contribution < 1.29 is 23.8 Å². The molecule has 0 radical (unpaired) electrons. The fraction of sp³-hybridized carbons (Fsp3) is 0.321. The van der Waals surface area contributed by atoms with Crippen LogP contribution in [0.25, 0.3) is 0 Å². The number of hydrogen-bond acceptors (Lipinski definition) is 8. The number of amidine groups is 1. The Morgan fingerprint density at radius 2 is 1.84 bits per heavy atom. The minimum atomic E-state index is -0.623. The summed E-state index contributed by atoms with van der Waals surface area (Å²) >= 11 is 1.43. The maximum absolute atomic E-state index is 13.6. The number of nitrogens with zero attached hydrogens (tertiary/aromatic N) is 3. The second-order valence-corrected chi connectivity index (χ2v) is 9.46. The molecule has 1 atom stereocenters. The fourth-order valence-electron chi connectivity index (χ4n) is 4.32. The van der Waals surface area contributed by atoms with Gasteiger partial charge in [0.15, 0.2) is 16.7 Å². The van der Waals surface area contributed by atoms with Crippen LogP contribution in [0, 0.1) is 0 Å². The van der Waals surface area contributed by atoms with Gasteiger partial charge in [0.2, 0.25) is 5.91 Å². The minimum Gasteiger partial charge on any atom is -0.493 e. The Hall–Kier alpha value is -3.72. The number of hydrogen-bond donors (Lipinski definition) is 0. The number of ether oxygens (including phenoxy) is 3. The van der Waals surface area contributed by atoms with Crippen molar-refractivity contribution in [3.63, 3.8) is 0 Å². The Bertz CT molecular complexity index is 1270. The van der Waals surface area contributed by atoms with Crippen LogP contribution >= 0.6 is 11.8 Å². The van der Waals surface area contributed by atoms with Crippen LogP contribution in [0.2, 0.25) is 0 Å². The van der Waals surface area contributed by atoms with Gasteiger partial charge in [-0.2, -0.15) is 0 Å². The van der Waals surface area contributed by atoms with Crippen LogP contribution in [-0.4, -0.2) is 54.7 Å². The predicted octanol–water partition coefficient (Wildman–Crippen LogP) is 4.89. The zero-order valence-electron chi connectivity index (χ0n) is 21.7. The highest BCUT2D eigenvalue weighted by Gasteiger charge is 2.43. The number of allylic oxidation sites excluding steroid dienone is 1. The molecule has 0 N–H and O–H groups in total. The third-order valence-electron chi connectivity index (χ3n) is 6.39. The fourth-order valence-corrected chi connectivity index (χ4v) is 5.28. The summed E-state index contributed by atoms with van der Waals surface area (Å²) in [6.45, 7) is 4.47. The molecule has 0 bridgehead atoms. The van der Waals surface area contributed by atoms with E-state index in [2.05, 4.69) is 0 Å². The normalized spacial score (nSPS) is 16.6. The van der Waals surface area contributed by atoms with E-state index in [9.17, 15) is 9.59 Å². The third-order valence-corrected chi connectivity index (χ3v) is 7.28. The van der Waals surface area contributed by atoms with E-state index < -0.39 is 12.0 Å². The molecular formula is C28H31N3O5S. The van der Waals surface area contributed by atoms with Crippen LogP contribution in [-0.2, 0) is 20.9 Å². The van der Waals surface area contributed by atoms with Crippen LogP contribution in [0.3, 0.4) is 0 Å². The number of amides is 1. The first-order valence-electron chi connectivity index (χ1n) is 12.0. The number of aliphatic imine (C=N–C) groups is 1. The second kappa shape index (κ2) is 11.6. The lowest BCUT2D eigenvalue weighted by Gasteiger charge is -2.37. The highest BCUT2D eigenvalue weighted by molar-refractivity contribution is 8.16. The molecule has 2 heterocycles. The van der Waals surface area contributed by atoms with Gasteiger partial charge in [-0.15, -0.1) is 0 Å². The van der Waals surface area contributed by atoms with Gasteiger partial charge < -0.3 is 24.0 Å². The smallest absolute Gasteiger partial charge is 0.338 e. The lowest BCUT2D eigenvalue weighted by Crippen LogP contribution is -2.38. The molecule has 0 aliphatic carbocycles. The minimum absolute atomic E-state index is 0.0218. The van der Waals surface area contributed by atoms with Crippen molar-refractivity contribution in [1.29, 1.82) is 0 Å². The molecule has 2 aromatic rings. The molecule has 9 heteroatoms. The van der Waals surface area contributed by atoms with Crippen LogP contribution in [0.15, 0.2) is 75.9 Å². The molecule has 2 aliphatic heterocycles. The van der Waals surface area contributed by atoms with Gasteiger partial charge in [0.25, 0.3) is 0 Å². The van der Waals surface area contributed by atoms with E-state index >= 15 is 0 Å². The van der Waals surface area contributed by atoms with E-state index in [1.165, 1.54) is 11.8 Å². The first-order chi connectivity index (χ1) is 17.9. The van der Waals surface area contributed by atoms with Crippen LogP contribution in [0.4, 0.5) is 0 Å². The molecular weight excluding hydrogens is 490 g/mol. The number of para-hydroxylation sites is 1. The zero-order chi connectivity index (χ0) is 26.5. The molecule has 0 fully saturated rings. The number of thioether (sulfide) groups is 1. The van der Waals surface area contributed by atoms with E-state index in [0.29, 0.717) is 40.0 Å². The SMILES string of the molecule is CCN(C)C(=O)CC1=CSC2=NC(C)=C(C(=O)OCc3ccccc3)[C@H](c3cccc(OC)c3OC)N12. The van der Waals surface area contributed by atoms with Crippen molar-refractivity contribution in [2.45, 2.75) is 32.9 Å². The average molecular weight is 522 g/mol. The predicted molar refractivity (Wildman–Crippen MR) is 144 cm³/mol. The summed E-state index contributed by atoms with van der Waals surface area (Å²) < 4.78 is 17.1. The third kappa shape index (κ3) is 5.36. The van der Waals surface area contributed by atoms with Gasteiger partial charge in [0, 0.05) is 24.9 Å². The highest BCUT2D eigenvalue weighted by Crippen LogP contribution is 2.48. The molecule has 0 saturated carbocycles. The van der Waals surface area contributed by atoms with Gasteiger partial charge in [-0.3, -0.25) is 4.79 Å². The average Bonchev–Trinajstić information content (AvgIpc) is 3.31. The van der Waals surface area contributed by atoms with Gasteiger partial charge in [-0.05, 0) is 30.9 Å². The number of benzene rings is 2. The number of carbonyl (C=O) groups is 2. The number of esters is 1. The molecule has 0 spiro atoms. The number of rotatable bonds is 9. The number of methoxy groups -OCH3 is 2. The maximum Gasteiger partial charge on any atom is 0.338 e. The second-order valence-electron chi connectivity index (χ2n) is 8.62. The Labute approximate surface area is 221 Å². The van der Waals surface area contributed by atoms with Gasteiger partial charge in [0.05, 0.1) is 38.0 Å². The maximum atomic E-state index is 13.6. The molecule has 194 valence electrons. The van der Waals surface area contributed by atoms with Crippen LogP contribution in [0.1, 0.15) is 37.4 Å². The van der Waals surface area contributed by atoms with Crippen LogP contribution < -0.4 is 9.47 Å². The molecule has 1 amide bonds. The Morgan fingerprint density at radius 3 is 2.51 bits per heavy atom. The van der Waals surface area contributed by atoms with Gasteiger partial charge in [0.1, 0.15) is 6.61 Å². The Kier molecular flexibility index (Phi) is 8.23. The van der Waals surface area contributed by atoms with E-state index in [0.717, 1.165) is 11.3 Å². The van der Waals surface area contributed by atoms with E-state index in [1.807, 2.05) is 59.7 Å². The molecule has 0 aromatic heterocycles. The standard InChI is InChI=1S/C28H31N3O5S/c1-6-30(3)23(32)15-20-17-37-28-29-18(2)24(27(33)36-16-19-11-8-7-9-12-19)25(31(20)28)21-13-10-14-22(34-4)26(21)35-5/h7-14,17,25H,6,15-16H2,1-5H3/t25-/m0/s1. The number of fused-ring (bicyclic) bond motifs is 1. The van der Waals surface area contributed by atoms with Gasteiger partial charge >= 0.3 is 5.97 Å². The quantitative estimate of drug-likeness (QED) is 0.435. The summed E-state index contributed by atoms with van der Waals surface area (Å²) in [5, 5.41) is 2.61. The van der Waals surface area contributed by atoms with Crippen LogP contribution in [0.5, 0.6) is 11.5 Å². The number of carbonyl (C=O) groups excluding carboxylic acids is 2. The topological polar surface area (TPSA) is 80.7 Å². The lowest BCUT2D eigenvalue weighted by atomic mass is 9.92. The molecule has 4 rings (SSSR count). The van der Waals surface area contributed by atoms with Gasteiger partial charge in [-0.25, -0.2) is 9.79 Å². The van der Waals surface area contributed by atoms with Crippen molar-refractivity contribution in [2.24, 2.45) is 4.99 Å². The first-order valence-corrected chi connectivity index (χ1v) is 12.9. The largest absolute Gasteiger partial charge is 0.493 e. The molecule has 0 unspecified atom stereocenters. The molecule has 8 nitrogen and oxygen atoms in total. The summed E-state index contributed by atoms with van der Waals surface area (Å²) in [5.74, 6) is 0.544. The molecule has 37 heavy (non-hydrogen) atoms. The Morgan fingerprint density at radius 1 is 1.08 bits per heavy atom. The summed E-state index contributed by atoms with van der Waals surface area (Å²) in [6, 6.07) is 14.5. The highest BCUT2D eigenvalue weighted by atomic mass is 32.2. The van der Waals surface area contributed by atoms with Gasteiger partial charge in [-0.1, -0.05) is 54.2 Å². The van der Waals surface area contributed by atoms with Crippen molar-refractivity contribution in [3.05, 3.63) is 82.0 Å². The molecule has 2 aromatic carbocycles. The van der Waals surface area contributed by atoms with Crippen molar-refractivity contribution >= 4 is 28.8 Å². The summed E-state index contributed by atoms with van der Waals surface area (Å²) in [7, 11) is 4.91. The molecule has 2 aliphatic rings. The van der Waals surface area contributed by atoms with Crippen molar-refractivity contribution in [3.8, 4) is 11.5 Å². The summed E-state index contributed by atoms with van der Waals surface area (Å²) in [5.41, 5.74) is 3.29. The molecule has 0 saturated heterocycles.